The van der Waals surface area contributed by atoms with E-state index in [2.05, 4.69) is 39.0 Å². The van der Waals surface area contributed by atoms with Gasteiger partial charge in [-0.15, -0.1) is 0 Å². The summed E-state index contributed by atoms with van der Waals surface area (Å²) in [6.07, 6.45) is 3.78. The Morgan fingerprint density at radius 2 is 1.00 bits per heavy atom. The van der Waals surface area contributed by atoms with Crippen molar-refractivity contribution >= 4 is 66.5 Å². The first-order chi connectivity index (χ1) is 30.1. The number of hydrogen-bond donors (Lipinski definition) is 5. The number of rotatable bonds is 17. The predicted molar refractivity (Wildman–Crippen MR) is 248 cm³/mol. The molecule has 0 unspecified atom stereocenters. The molecule has 13 nitrogen and oxygen atoms in total. The summed E-state index contributed by atoms with van der Waals surface area (Å²) in [4.78, 5) is 23.9. The number of halogens is 2. The van der Waals surface area contributed by atoms with Gasteiger partial charge in [-0.3, -0.25) is 14.2 Å². The number of aryl methyl sites for hydroxylation is 2. The lowest BCUT2D eigenvalue weighted by molar-refractivity contribution is 0.0697. The Labute approximate surface area is 378 Å². The first kappa shape index (κ1) is 49.6. The number of methoxy groups -OCH3 is 2. The molecular weight excluding hydrogens is 888 g/mol. The van der Waals surface area contributed by atoms with E-state index in [0.717, 1.165) is 32.2 Å². The van der Waals surface area contributed by atoms with Crippen LogP contribution in [-0.2, 0) is 32.9 Å². The minimum Gasteiger partial charge on any atom is -0.497 e. The monoisotopic (exact) mass is 934 g/mol. The van der Waals surface area contributed by atoms with E-state index < -0.39 is 31.9 Å². The SMILES string of the molecule is COc1ccc(S(=O)(=O)Nc2ccc(Cl)cc2C(=O)NCCCc2ccccc2)cc1.COc1ccc(S(=O)(=O)Nc2ccc(Cl)cc2C(=O)O)cc1.NCCCc1ccccc1. The lowest BCUT2D eigenvalue weighted by Crippen LogP contribution is -2.26. The van der Waals surface area contributed by atoms with Crippen LogP contribution in [0.3, 0.4) is 0 Å². The molecule has 0 radical (unpaired) electrons. The van der Waals surface area contributed by atoms with Crippen LogP contribution in [0.2, 0.25) is 10.0 Å². The Morgan fingerprint density at radius 1 is 0.587 bits per heavy atom. The van der Waals surface area contributed by atoms with E-state index in [1.54, 1.807) is 12.1 Å². The summed E-state index contributed by atoms with van der Waals surface area (Å²) in [7, 11) is -4.85. The number of anilines is 2. The van der Waals surface area contributed by atoms with Gasteiger partial charge in [0, 0.05) is 16.6 Å². The summed E-state index contributed by atoms with van der Waals surface area (Å²) in [5, 5.41) is 12.5. The van der Waals surface area contributed by atoms with Crippen molar-refractivity contribution in [2.45, 2.75) is 35.5 Å². The molecule has 0 aliphatic rings. The number of sulfonamides is 2. The van der Waals surface area contributed by atoms with Gasteiger partial charge in [-0.2, -0.15) is 0 Å². The maximum absolute atomic E-state index is 12.8. The van der Waals surface area contributed by atoms with Crippen LogP contribution in [0.15, 0.2) is 155 Å². The smallest absolute Gasteiger partial charge is 0.337 e. The molecule has 6 N–H and O–H groups in total. The van der Waals surface area contributed by atoms with Crippen molar-refractivity contribution in [2.75, 3.05) is 36.8 Å². The molecule has 6 aromatic rings. The molecular formula is C46H48Cl2N4O9S2. The van der Waals surface area contributed by atoms with E-state index >= 15 is 0 Å². The molecule has 0 aliphatic heterocycles. The number of carbonyl (C=O) groups is 2. The van der Waals surface area contributed by atoms with Gasteiger partial charge < -0.3 is 25.6 Å². The molecule has 0 atom stereocenters. The first-order valence-electron chi connectivity index (χ1n) is 19.4. The fourth-order valence-corrected chi connectivity index (χ4v) is 8.18. The molecule has 0 spiro atoms. The van der Waals surface area contributed by atoms with Gasteiger partial charge in [0.1, 0.15) is 11.5 Å². The van der Waals surface area contributed by atoms with Crippen LogP contribution in [0.5, 0.6) is 11.5 Å². The Morgan fingerprint density at radius 3 is 1.41 bits per heavy atom. The van der Waals surface area contributed by atoms with Crippen LogP contribution in [0.1, 0.15) is 44.7 Å². The summed E-state index contributed by atoms with van der Waals surface area (Å²) in [6.45, 7) is 1.24. The second kappa shape index (κ2) is 24.5. The third-order valence-corrected chi connectivity index (χ3v) is 12.2. The van der Waals surface area contributed by atoms with Crippen molar-refractivity contribution in [2.24, 2.45) is 5.73 Å². The van der Waals surface area contributed by atoms with Gasteiger partial charge in [-0.05, 0) is 128 Å². The second-order valence-electron chi connectivity index (χ2n) is 13.5. The number of amides is 1. The maximum Gasteiger partial charge on any atom is 0.337 e. The minimum absolute atomic E-state index is 0.0143. The largest absolute Gasteiger partial charge is 0.497 e. The minimum atomic E-state index is -3.92. The highest BCUT2D eigenvalue weighted by molar-refractivity contribution is 7.93. The van der Waals surface area contributed by atoms with Crippen LogP contribution in [-0.4, -0.2) is 61.1 Å². The molecule has 0 fully saturated rings. The number of ether oxygens (including phenoxy) is 2. The molecule has 0 bridgehead atoms. The zero-order valence-corrected chi connectivity index (χ0v) is 37.6. The van der Waals surface area contributed by atoms with E-state index in [9.17, 15) is 26.4 Å². The van der Waals surface area contributed by atoms with E-state index in [1.165, 1.54) is 98.1 Å². The normalized spacial score (nSPS) is 10.8. The van der Waals surface area contributed by atoms with Crippen molar-refractivity contribution in [3.05, 3.63) is 178 Å². The van der Waals surface area contributed by atoms with Crippen LogP contribution in [0, 0.1) is 0 Å². The van der Waals surface area contributed by atoms with Crippen molar-refractivity contribution in [1.29, 1.82) is 0 Å². The molecule has 0 saturated carbocycles. The quantitative estimate of drug-likeness (QED) is 0.0550. The van der Waals surface area contributed by atoms with Crippen molar-refractivity contribution in [3.8, 4) is 11.5 Å². The number of carbonyl (C=O) groups excluding carboxylic acids is 1. The molecule has 0 saturated heterocycles. The average Bonchev–Trinajstić information content (AvgIpc) is 3.29. The van der Waals surface area contributed by atoms with E-state index in [-0.39, 0.29) is 37.3 Å². The van der Waals surface area contributed by atoms with Crippen molar-refractivity contribution in [3.63, 3.8) is 0 Å². The molecule has 63 heavy (non-hydrogen) atoms. The molecule has 17 heteroatoms. The van der Waals surface area contributed by atoms with Gasteiger partial charge in [-0.25, -0.2) is 21.6 Å². The standard InChI is InChI=1S/C23H23ClN2O4S.C14H12ClNO5S.C9H13N/c1-30-19-10-12-20(13-11-19)31(28,29)26-22-14-9-18(24)16-21(22)23(27)25-15-5-8-17-6-3-2-4-7-17;1-21-10-3-5-11(6-4-10)22(19,20)16-13-7-2-9(15)8-12(13)14(17)18;10-8-4-7-9-5-2-1-3-6-9/h2-4,6-7,9-14,16,26H,5,8,15H2,1H3,(H,25,27);2-8,16H,1H3,(H,17,18);1-3,5-6H,4,7-8,10H2. The Bertz CT molecular complexity index is 2620. The topological polar surface area (TPSA) is 203 Å². The summed E-state index contributed by atoms with van der Waals surface area (Å²) in [5.74, 6) is -0.629. The van der Waals surface area contributed by atoms with Gasteiger partial charge in [0.2, 0.25) is 0 Å². The van der Waals surface area contributed by atoms with Gasteiger partial charge in [0.25, 0.3) is 26.0 Å². The Kier molecular flexibility index (Phi) is 19.3. The number of nitrogens with two attached hydrogens (primary N) is 1. The van der Waals surface area contributed by atoms with Gasteiger partial charge in [0.15, 0.2) is 0 Å². The maximum atomic E-state index is 12.8. The number of hydrogen-bond acceptors (Lipinski definition) is 9. The molecule has 6 aromatic carbocycles. The summed E-state index contributed by atoms with van der Waals surface area (Å²) < 4.78 is 64.8. The number of aromatic carboxylic acids is 1. The predicted octanol–water partition coefficient (Wildman–Crippen LogP) is 8.94. The third kappa shape index (κ3) is 16.0. The van der Waals surface area contributed by atoms with Gasteiger partial charge in [-0.1, -0.05) is 83.9 Å². The van der Waals surface area contributed by atoms with Crippen LogP contribution < -0.4 is 30.0 Å². The zero-order valence-electron chi connectivity index (χ0n) is 34.5. The van der Waals surface area contributed by atoms with Crippen LogP contribution in [0.4, 0.5) is 11.4 Å². The fourth-order valence-electron chi connectivity index (χ4n) is 5.68. The molecule has 6 rings (SSSR count). The van der Waals surface area contributed by atoms with Gasteiger partial charge in [0.05, 0.1) is 46.5 Å². The lowest BCUT2D eigenvalue weighted by atomic mass is 10.1. The van der Waals surface area contributed by atoms with E-state index in [0.29, 0.717) is 23.1 Å². The average molecular weight is 936 g/mol. The van der Waals surface area contributed by atoms with Crippen LogP contribution >= 0.6 is 23.2 Å². The number of carboxylic acid groups (broad SMARTS) is 1. The highest BCUT2D eigenvalue weighted by Crippen LogP contribution is 2.26. The first-order valence-corrected chi connectivity index (χ1v) is 23.1. The van der Waals surface area contributed by atoms with Crippen molar-refractivity contribution in [1.82, 2.24) is 5.32 Å². The zero-order chi connectivity index (χ0) is 45.8. The fraction of sp³-hybridized carbons (Fsp3) is 0.174. The summed E-state index contributed by atoms with van der Waals surface area (Å²) in [6, 6.07) is 40.4. The van der Waals surface area contributed by atoms with E-state index in [1.807, 2.05) is 36.4 Å². The number of benzene rings is 6. The van der Waals surface area contributed by atoms with Gasteiger partial charge >= 0.3 is 5.97 Å². The summed E-state index contributed by atoms with van der Waals surface area (Å²) >= 11 is 11.8. The van der Waals surface area contributed by atoms with Crippen LogP contribution in [0.25, 0.3) is 0 Å². The molecule has 332 valence electrons. The summed E-state index contributed by atoms with van der Waals surface area (Å²) in [5.41, 5.74) is 7.96. The molecule has 1 amide bonds. The number of nitrogens with one attached hydrogen (secondary N) is 3. The van der Waals surface area contributed by atoms with Crippen molar-refractivity contribution < 1.29 is 41.0 Å². The highest BCUT2D eigenvalue weighted by Gasteiger charge is 2.21. The molecule has 0 heterocycles. The Balaban J connectivity index is 0.000000235. The second-order valence-corrected chi connectivity index (χ2v) is 17.7. The van der Waals surface area contributed by atoms with E-state index in [4.69, 9.17) is 43.5 Å². The molecule has 0 aliphatic carbocycles. The Hall–Kier alpha value is -6.10. The highest BCUT2D eigenvalue weighted by atomic mass is 35.5. The molecule has 0 aromatic heterocycles. The number of carboxylic acids is 1. The lowest BCUT2D eigenvalue weighted by Gasteiger charge is -2.14. The third-order valence-electron chi connectivity index (χ3n) is 8.95.